The maximum Gasteiger partial charge on any atom is 0.347 e. The molecule has 0 aliphatic carbocycles. The van der Waals surface area contributed by atoms with Crippen LogP contribution >= 0.6 is 22.6 Å². The number of methoxy groups -OCH3 is 2. The molecule has 0 fully saturated rings. The molecule has 188 valence electrons. The molecule has 9 heteroatoms. The molecule has 0 aliphatic rings. The third-order valence-corrected chi connectivity index (χ3v) is 6.31. The molecule has 0 radical (unpaired) electrons. The standard InChI is InChI=1S/C27H25IO8/c1-33-26(31)22(13-17-9-5-3-6-10-17)35-20-15-19(25(29)30)16-21(24(20)28)36-23(27(32)34-2)14-18-11-7-4-8-12-18/h3-12,15-16,22-23H,13-14H2,1-2H3,(H,29,30)/t22-,23-/m1/s1. The first-order chi connectivity index (χ1) is 17.3. The van der Waals surface area contributed by atoms with Crippen molar-refractivity contribution in [1.82, 2.24) is 0 Å². The van der Waals surface area contributed by atoms with Gasteiger partial charge in [0.05, 0.1) is 23.4 Å². The molecule has 1 N–H and O–H groups in total. The lowest BCUT2D eigenvalue weighted by Gasteiger charge is -2.22. The summed E-state index contributed by atoms with van der Waals surface area (Å²) in [6.45, 7) is 0. The Hall–Kier alpha value is -3.60. The lowest BCUT2D eigenvalue weighted by Crippen LogP contribution is -2.32. The monoisotopic (exact) mass is 604 g/mol. The van der Waals surface area contributed by atoms with E-state index in [4.69, 9.17) is 18.9 Å². The summed E-state index contributed by atoms with van der Waals surface area (Å²) in [4.78, 5) is 36.8. The van der Waals surface area contributed by atoms with Crippen molar-refractivity contribution in [3.8, 4) is 11.5 Å². The molecular weight excluding hydrogens is 579 g/mol. The Morgan fingerprint density at radius 2 is 1.14 bits per heavy atom. The second-order valence-electron chi connectivity index (χ2n) is 7.73. The molecular formula is C27H25IO8. The number of halogens is 1. The van der Waals surface area contributed by atoms with Crippen LogP contribution < -0.4 is 9.47 Å². The molecule has 3 aromatic rings. The van der Waals surface area contributed by atoms with E-state index in [1.165, 1.54) is 26.4 Å². The summed E-state index contributed by atoms with van der Waals surface area (Å²) in [6.07, 6.45) is -1.67. The first-order valence-corrected chi connectivity index (χ1v) is 12.0. The third kappa shape index (κ3) is 7.20. The maximum atomic E-state index is 12.5. The van der Waals surface area contributed by atoms with Gasteiger partial charge in [-0.3, -0.25) is 0 Å². The number of hydrogen-bond donors (Lipinski definition) is 1. The molecule has 0 saturated heterocycles. The second-order valence-corrected chi connectivity index (χ2v) is 8.81. The molecule has 3 aromatic carbocycles. The summed E-state index contributed by atoms with van der Waals surface area (Å²) in [5.74, 6) is -2.24. The Morgan fingerprint density at radius 3 is 1.47 bits per heavy atom. The Bertz CT molecular complexity index is 1110. The molecule has 0 heterocycles. The van der Waals surface area contributed by atoms with E-state index in [1.54, 1.807) is 0 Å². The predicted molar refractivity (Wildman–Crippen MR) is 139 cm³/mol. The Kier molecular flexibility index (Phi) is 9.69. The first-order valence-electron chi connectivity index (χ1n) is 11.0. The fraction of sp³-hybridized carbons (Fsp3) is 0.222. The predicted octanol–water partition coefficient (Wildman–Crippen LogP) is 4.32. The SMILES string of the molecule is COC(=O)[C@@H](Cc1ccccc1)Oc1cc(C(=O)O)cc(O[C@H](Cc2ccccc2)C(=O)OC)c1I. The van der Waals surface area contributed by atoms with E-state index in [0.29, 0.717) is 3.57 Å². The minimum atomic E-state index is -1.23. The van der Waals surface area contributed by atoms with Crippen LogP contribution in [0, 0.1) is 3.57 Å². The van der Waals surface area contributed by atoms with Crippen LogP contribution in [0.15, 0.2) is 72.8 Å². The quantitative estimate of drug-likeness (QED) is 0.255. The lowest BCUT2D eigenvalue weighted by molar-refractivity contribution is -0.149. The number of carbonyl (C=O) groups excluding carboxylic acids is 2. The highest BCUT2D eigenvalue weighted by molar-refractivity contribution is 14.1. The van der Waals surface area contributed by atoms with Crippen molar-refractivity contribution in [1.29, 1.82) is 0 Å². The maximum absolute atomic E-state index is 12.5. The number of benzene rings is 3. The highest BCUT2D eigenvalue weighted by Crippen LogP contribution is 2.34. The fourth-order valence-corrected chi connectivity index (χ4v) is 4.00. The smallest absolute Gasteiger partial charge is 0.347 e. The average Bonchev–Trinajstić information content (AvgIpc) is 2.89. The van der Waals surface area contributed by atoms with Crippen molar-refractivity contribution in [2.75, 3.05) is 14.2 Å². The zero-order valence-electron chi connectivity index (χ0n) is 19.7. The normalized spacial score (nSPS) is 12.2. The highest BCUT2D eigenvalue weighted by Gasteiger charge is 2.28. The molecule has 0 unspecified atom stereocenters. The van der Waals surface area contributed by atoms with Gasteiger partial charge in [-0.25, -0.2) is 14.4 Å². The number of hydrogen-bond acceptors (Lipinski definition) is 7. The lowest BCUT2D eigenvalue weighted by atomic mass is 10.1. The molecule has 0 aliphatic heterocycles. The Balaban J connectivity index is 1.96. The van der Waals surface area contributed by atoms with Crippen LogP contribution in [0.3, 0.4) is 0 Å². The van der Waals surface area contributed by atoms with Crippen molar-refractivity contribution >= 4 is 40.5 Å². The number of carbonyl (C=O) groups is 3. The summed E-state index contributed by atoms with van der Waals surface area (Å²) in [5, 5.41) is 9.68. The summed E-state index contributed by atoms with van der Waals surface area (Å²) in [6, 6.07) is 21.1. The summed E-state index contributed by atoms with van der Waals surface area (Å²) >= 11 is 1.93. The highest BCUT2D eigenvalue weighted by atomic mass is 127. The van der Waals surface area contributed by atoms with Crippen LogP contribution in [0.5, 0.6) is 11.5 Å². The number of carboxylic acid groups (broad SMARTS) is 1. The van der Waals surface area contributed by atoms with Crippen molar-refractivity contribution in [3.63, 3.8) is 0 Å². The minimum Gasteiger partial charge on any atom is -0.478 e. The number of esters is 2. The molecule has 0 bridgehead atoms. The Morgan fingerprint density at radius 1 is 0.750 bits per heavy atom. The van der Waals surface area contributed by atoms with Crippen LogP contribution in [-0.2, 0) is 31.9 Å². The van der Waals surface area contributed by atoms with Gasteiger partial charge in [0.2, 0.25) is 0 Å². The van der Waals surface area contributed by atoms with Crippen molar-refractivity contribution in [2.24, 2.45) is 0 Å². The largest absolute Gasteiger partial charge is 0.478 e. The topological polar surface area (TPSA) is 108 Å². The van der Waals surface area contributed by atoms with Crippen LogP contribution in [0.4, 0.5) is 0 Å². The first kappa shape index (κ1) is 27.0. The van der Waals surface area contributed by atoms with E-state index >= 15 is 0 Å². The van der Waals surface area contributed by atoms with Gasteiger partial charge in [-0.15, -0.1) is 0 Å². The zero-order chi connectivity index (χ0) is 26.1. The van der Waals surface area contributed by atoms with Crippen molar-refractivity contribution < 1.29 is 38.4 Å². The van der Waals surface area contributed by atoms with E-state index in [1.807, 2.05) is 83.3 Å². The molecule has 0 spiro atoms. The van der Waals surface area contributed by atoms with E-state index in [9.17, 15) is 19.5 Å². The average molecular weight is 604 g/mol. The molecule has 8 nitrogen and oxygen atoms in total. The van der Waals surface area contributed by atoms with Gasteiger partial charge in [-0.2, -0.15) is 0 Å². The van der Waals surface area contributed by atoms with Crippen molar-refractivity contribution in [2.45, 2.75) is 25.0 Å². The van der Waals surface area contributed by atoms with E-state index < -0.39 is 30.1 Å². The minimum absolute atomic E-state index is 0.111. The molecule has 0 amide bonds. The van der Waals surface area contributed by atoms with Crippen molar-refractivity contribution in [3.05, 3.63) is 93.1 Å². The third-order valence-electron chi connectivity index (χ3n) is 5.25. The molecule has 3 rings (SSSR count). The number of rotatable bonds is 11. The summed E-state index contributed by atoms with van der Waals surface area (Å²) in [7, 11) is 2.50. The van der Waals surface area contributed by atoms with Gasteiger partial charge < -0.3 is 24.1 Å². The van der Waals surface area contributed by atoms with Gasteiger partial charge in [-0.1, -0.05) is 60.7 Å². The van der Waals surface area contributed by atoms with E-state index in [-0.39, 0.29) is 29.9 Å². The Labute approximate surface area is 222 Å². The number of carboxylic acids is 1. The van der Waals surface area contributed by atoms with Crippen LogP contribution in [0.1, 0.15) is 21.5 Å². The molecule has 0 saturated carbocycles. The van der Waals surface area contributed by atoms with E-state index in [0.717, 1.165) is 11.1 Å². The van der Waals surface area contributed by atoms with Crippen LogP contribution in [0.2, 0.25) is 0 Å². The second kappa shape index (κ2) is 12.9. The van der Waals surface area contributed by atoms with Crippen LogP contribution in [0.25, 0.3) is 0 Å². The number of aromatic carboxylic acids is 1. The molecule has 2 atom stereocenters. The van der Waals surface area contributed by atoms with Gasteiger partial charge in [-0.05, 0) is 45.9 Å². The zero-order valence-corrected chi connectivity index (χ0v) is 21.8. The summed E-state index contributed by atoms with van der Waals surface area (Å²) in [5.41, 5.74) is 1.54. The summed E-state index contributed by atoms with van der Waals surface area (Å²) < 4.78 is 22.2. The van der Waals surface area contributed by atoms with Gasteiger partial charge in [0.25, 0.3) is 0 Å². The van der Waals surface area contributed by atoms with Gasteiger partial charge in [0.15, 0.2) is 12.2 Å². The number of ether oxygens (including phenoxy) is 4. The van der Waals surface area contributed by atoms with Gasteiger partial charge in [0, 0.05) is 12.8 Å². The molecule has 0 aromatic heterocycles. The van der Waals surface area contributed by atoms with Gasteiger partial charge >= 0.3 is 17.9 Å². The molecule has 36 heavy (non-hydrogen) atoms. The van der Waals surface area contributed by atoms with E-state index in [2.05, 4.69) is 0 Å². The van der Waals surface area contributed by atoms with Gasteiger partial charge in [0.1, 0.15) is 11.5 Å². The fourth-order valence-electron chi connectivity index (χ4n) is 3.44. The van der Waals surface area contributed by atoms with Crippen LogP contribution in [-0.4, -0.2) is 49.4 Å².